The number of carbonyl (C=O) groups is 2. The molecule has 0 bridgehead atoms. The van der Waals surface area contributed by atoms with Crippen LogP contribution in [0, 0.1) is 24.7 Å². The largest absolute Gasteiger partial charge is 0.391 e. The maximum absolute atomic E-state index is 13.7. The second kappa shape index (κ2) is 19.5. The van der Waals surface area contributed by atoms with Gasteiger partial charge >= 0.3 is 0 Å². The zero-order valence-corrected chi connectivity index (χ0v) is 33.7. The zero-order valence-electron chi connectivity index (χ0n) is 27.9. The van der Waals surface area contributed by atoms with Gasteiger partial charge in [-0.1, -0.05) is 37.0 Å². The minimum atomic E-state index is -0.841. The first kappa shape index (κ1) is 41.9. The normalized spacial score (nSPS) is 13.4. The number of aliphatic hydroxyl groups is 2. The smallest absolute Gasteiger partial charge is 0.276 e. The third kappa shape index (κ3) is 13.2. The summed E-state index contributed by atoms with van der Waals surface area (Å²) < 4.78 is 29.2. The molecule has 0 radical (unpaired) electrons. The Balaban J connectivity index is 0.000000233. The number of anilines is 4. The van der Waals surface area contributed by atoms with Crippen LogP contribution in [0.25, 0.3) is 0 Å². The number of hydrogen-bond donors (Lipinski definition) is 6. The van der Waals surface area contributed by atoms with Crippen LogP contribution < -0.4 is 21.6 Å². The maximum atomic E-state index is 13.7. The Morgan fingerprint density at radius 1 is 0.769 bits per heavy atom. The molecule has 1 saturated carbocycles. The van der Waals surface area contributed by atoms with E-state index in [1.807, 2.05) is 26.0 Å². The molecular weight excluding hydrogens is 947 g/mol. The van der Waals surface area contributed by atoms with Crippen molar-refractivity contribution in [1.29, 1.82) is 0 Å². The fourth-order valence-corrected chi connectivity index (χ4v) is 6.36. The van der Waals surface area contributed by atoms with Crippen molar-refractivity contribution in [2.24, 2.45) is 5.92 Å². The highest BCUT2D eigenvalue weighted by Crippen LogP contribution is 2.35. The predicted octanol–water partition coefficient (Wildman–Crippen LogP) is 8.91. The molecule has 52 heavy (non-hydrogen) atoms. The molecule has 1 unspecified atom stereocenters. The standard InChI is InChI=1S/C19H21ClFIN2O3.C17H15ClFIN2O3/c1-11(2)7-14(25)10-27-24-19(26)15-5-3-12(21)8-18(15)23-17-6-4-13(22)9-16(17)20;18-13-8-11(20)2-4-14(13)21-15-7-10(19)1-3-12(15)16(23)22-25-9-17(24)5-6-17/h3-6,8-9,11,14,23,25H,7,10H2,1-2H3,(H,24,26);1-4,7-8,21,24H,5-6,9H2,(H,22,23). The molecule has 4 aromatic rings. The van der Waals surface area contributed by atoms with Gasteiger partial charge in [0.25, 0.3) is 11.8 Å². The summed E-state index contributed by atoms with van der Waals surface area (Å²) in [4.78, 5) is 34.8. The molecule has 2 amide bonds. The minimum absolute atomic E-state index is 0.0195. The lowest BCUT2D eigenvalue weighted by Gasteiger charge is -2.15. The fourth-order valence-electron chi connectivity index (χ4n) is 4.56. The fraction of sp³-hybridized carbons (Fsp3) is 0.278. The summed E-state index contributed by atoms with van der Waals surface area (Å²) in [5.41, 5.74) is 5.69. The van der Waals surface area contributed by atoms with Crippen LogP contribution in [0.1, 0.15) is 53.8 Å². The van der Waals surface area contributed by atoms with Crippen LogP contribution in [-0.4, -0.2) is 46.9 Å². The number of hydrogen-bond acceptors (Lipinski definition) is 8. The molecule has 278 valence electrons. The van der Waals surface area contributed by atoms with Crippen LogP contribution in [0.3, 0.4) is 0 Å². The molecule has 1 aliphatic carbocycles. The van der Waals surface area contributed by atoms with E-state index in [9.17, 15) is 28.6 Å². The Morgan fingerprint density at radius 3 is 1.65 bits per heavy atom. The molecule has 16 heteroatoms. The lowest BCUT2D eigenvalue weighted by molar-refractivity contribution is -0.0230. The summed E-state index contributed by atoms with van der Waals surface area (Å²) in [5, 5.41) is 26.3. The van der Waals surface area contributed by atoms with Gasteiger partial charge < -0.3 is 20.8 Å². The van der Waals surface area contributed by atoms with Gasteiger partial charge in [-0.2, -0.15) is 0 Å². The van der Waals surface area contributed by atoms with E-state index in [2.05, 4.69) is 66.8 Å². The predicted molar refractivity (Wildman–Crippen MR) is 214 cm³/mol. The van der Waals surface area contributed by atoms with Crippen LogP contribution in [0.2, 0.25) is 10.0 Å². The van der Waals surface area contributed by atoms with Crippen molar-refractivity contribution in [1.82, 2.24) is 11.0 Å². The summed E-state index contributed by atoms with van der Waals surface area (Å²) in [6, 6.07) is 18.2. The number of aliphatic hydroxyl groups excluding tert-OH is 1. The van der Waals surface area contributed by atoms with Crippen molar-refractivity contribution >= 4 is 103 Å². The quantitative estimate of drug-likeness (QED) is 0.0544. The second-order valence-electron chi connectivity index (χ2n) is 12.3. The number of amides is 2. The van der Waals surface area contributed by atoms with Gasteiger partial charge in [-0.3, -0.25) is 19.3 Å². The van der Waals surface area contributed by atoms with Gasteiger partial charge in [-0.25, -0.2) is 19.7 Å². The molecule has 0 aromatic heterocycles. The highest BCUT2D eigenvalue weighted by Gasteiger charge is 2.41. The number of carbonyl (C=O) groups excluding carboxylic acids is 2. The van der Waals surface area contributed by atoms with Crippen molar-refractivity contribution in [3.05, 3.63) is 113 Å². The SMILES string of the molecule is CC(C)CC(O)CONC(=O)c1ccc(F)cc1Nc1ccc(I)cc1Cl.O=C(NOCC1(O)CC1)c1ccc(F)cc1Nc1ccc(I)cc1Cl. The third-order valence-electron chi connectivity index (χ3n) is 7.37. The van der Waals surface area contributed by atoms with E-state index < -0.39 is 35.2 Å². The monoisotopic (exact) mass is 982 g/mol. The topological polar surface area (TPSA) is 141 Å². The van der Waals surface area contributed by atoms with Gasteiger partial charge in [0.05, 0.1) is 55.6 Å². The zero-order chi connectivity index (χ0) is 38.0. The van der Waals surface area contributed by atoms with Crippen LogP contribution >= 0.6 is 68.4 Å². The molecule has 0 aliphatic heterocycles. The van der Waals surface area contributed by atoms with Gasteiger partial charge in [-0.05, 0) is 143 Å². The van der Waals surface area contributed by atoms with Crippen LogP contribution in [0.4, 0.5) is 31.5 Å². The lowest BCUT2D eigenvalue weighted by Crippen LogP contribution is -2.29. The Hall–Kier alpha value is -2.84. The van der Waals surface area contributed by atoms with E-state index in [4.69, 9.17) is 32.9 Å². The molecule has 4 aromatic carbocycles. The van der Waals surface area contributed by atoms with E-state index in [0.717, 1.165) is 7.14 Å². The molecule has 0 saturated heterocycles. The summed E-state index contributed by atoms with van der Waals surface area (Å²) in [6.45, 7) is 3.95. The van der Waals surface area contributed by atoms with Crippen LogP contribution in [0.5, 0.6) is 0 Å². The number of rotatable bonds is 14. The Morgan fingerprint density at radius 2 is 1.23 bits per heavy atom. The highest BCUT2D eigenvalue weighted by atomic mass is 127. The molecular formula is C36H36Cl2F2I2N4O6. The van der Waals surface area contributed by atoms with E-state index in [0.29, 0.717) is 46.6 Å². The van der Waals surface area contributed by atoms with Crippen molar-refractivity contribution < 1.29 is 38.3 Å². The van der Waals surface area contributed by atoms with E-state index in [-0.39, 0.29) is 35.7 Å². The second-order valence-corrected chi connectivity index (χ2v) is 15.7. The lowest BCUT2D eigenvalue weighted by atomic mass is 10.1. The van der Waals surface area contributed by atoms with Gasteiger partial charge in [-0.15, -0.1) is 0 Å². The average Bonchev–Trinajstić information content (AvgIpc) is 3.80. The number of nitrogens with one attached hydrogen (secondary N) is 4. The van der Waals surface area contributed by atoms with Gasteiger partial charge in [0.15, 0.2) is 0 Å². The van der Waals surface area contributed by atoms with Crippen LogP contribution in [-0.2, 0) is 9.68 Å². The first-order valence-electron chi connectivity index (χ1n) is 15.9. The summed E-state index contributed by atoms with van der Waals surface area (Å²) in [6.07, 6.45) is 1.18. The Bertz CT molecular complexity index is 1890. The van der Waals surface area contributed by atoms with Gasteiger partial charge in [0.1, 0.15) is 24.8 Å². The number of hydroxylamine groups is 2. The molecule has 1 aliphatic rings. The molecule has 1 fully saturated rings. The van der Waals surface area contributed by atoms with Crippen LogP contribution in [0.15, 0.2) is 72.8 Å². The molecule has 0 heterocycles. The molecule has 5 rings (SSSR count). The summed E-state index contributed by atoms with van der Waals surface area (Å²) >= 11 is 16.6. The van der Waals surface area contributed by atoms with E-state index in [1.54, 1.807) is 24.3 Å². The summed E-state index contributed by atoms with van der Waals surface area (Å²) in [7, 11) is 0. The molecule has 1 atom stereocenters. The van der Waals surface area contributed by atoms with Crippen molar-refractivity contribution in [2.45, 2.75) is 44.8 Å². The highest BCUT2D eigenvalue weighted by molar-refractivity contribution is 14.1. The first-order valence-corrected chi connectivity index (χ1v) is 18.8. The van der Waals surface area contributed by atoms with Crippen molar-refractivity contribution in [2.75, 3.05) is 23.8 Å². The third-order valence-corrected chi connectivity index (χ3v) is 9.34. The average molecular weight is 983 g/mol. The van der Waals surface area contributed by atoms with Crippen molar-refractivity contribution in [3.8, 4) is 0 Å². The number of halogens is 6. The van der Waals surface area contributed by atoms with E-state index >= 15 is 0 Å². The molecule has 0 spiro atoms. The number of benzene rings is 4. The van der Waals surface area contributed by atoms with Gasteiger partial charge in [0, 0.05) is 7.14 Å². The Kier molecular flexibility index (Phi) is 15.7. The summed E-state index contributed by atoms with van der Waals surface area (Å²) in [5.74, 6) is -1.78. The van der Waals surface area contributed by atoms with Gasteiger partial charge in [0.2, 0.25) is 0 Å². The van der Waals surface area contributed by atoms with Crippen molar-refractivity contribution in [3.63, 3.8) is 0 Å². The van der Waals surface area contributed by atoms with E-state index in [1.165, 1.54) is 36.4 Å². The minimum Gasteiger partial charge on any atom is -0.391 e. The molecule has 10 nitrogen and oxygen atoms in total. The maximum Gasteiger partial charge on any atom is 0.276 e. The Labute approximate surface area is 337 Å². The molecule has 6 N–H and O–H groups in total. The first-order chi connectivity index (χ1) is 24.6.